The molecule has 1 spiro atoms. The highest BCUT2D eigenvalue weighted by Gasteiger charge is 2.52. The fourth-order valence-electron chi connectivity index (χ4n) is 4.26. The lowest BCUT2D eigenvalue weighted by Crippen LogP contribution is -2.42. The van der Waals surface area contributed by atoms with Gasteiger partial charge in [0.15, 0.2) is 5.79 Å². The molecule has 0 unspecified atom stereocenters. The van der Waals surface area contributed by atoms with E-state index in [1.165, 1.54) is 11.1 Å². The molecule has 1 saturated carbocycles. The van der Waals surface area contributed by atoms with Crippen LogP contribution in [-0.2, 0) is 18.9 Å². The van der Waals surface area contributed by atoms with Crippen LogP contribution in [-0.4, -0.2) is 39.5 Å². The van der Waals surface area contributed by atoms with E-state index in [-0.39, 0.29) is 5.41 Å². The minimum absolute atomic E-state index is 0.168. The van der Waals surface area contributed by atoms with Gasteiger partial charge in [-0.2, -0.15) is 0 Å². The molecule has 0 aromatic carbocycles. The van der Waals surface area contributed by atoms with Gasteiger partial charge in [0.25, 0.3) is 0 Å². The van der Waals surface area contributed by atoms with Crippen molar-refractivity contribution in [2.45, 2.75) is 45.3 Å². The Morgan fingerprint density at radius 3 is 2.62 bits per heavy atom. The van der Waals surface area contributed by atoms with Gasteiger partial charge in [0.05, 0.1) is 19.8 Å². The van der Waals surface area contributed by atoms with Crippen LogP contribution >= 0.6 is 0 Å². The molecule has 1 saturated heterocycles. The molecule has 0 aromatic rings. The van der Waals surface area contributed by atoms with Gasteiger partial charge in [-0.05, 0) is 26.2 Å². The standard InChI is InChI=1S/C17H26O4/c1-4-13-5-6-14-15(11-19-12-18-3)17(20-9-10-21-17)8-7-16(13,14)2/h4H,5-12H2,1-3H3/t16-/m0/s1. The van der Waals surface area contributed by atoms with E-state index in [0.29, 0.717) is 26.6 Å². The van der Waals surface area contributed by atoms with E-state index in [0.717, 1.165) is 25.7 Å². The number of hydrogen-bond donors (Lipinski definition) is 0. The fraction of sp³-hybridized carbons (Fsp3) is 0.765. The minimum Gasteiger partial charge on any atom is -0.359 e. The van der Waals surface area contributed by atoms with Crippen LogP contribution in [0.1, 0.15) is 39.5 Å². The number of rotatable bonds is 4. The molecule has 3 rings (SSSR count). The largest absolute Gasteiger partial charge is 0.359 e. The molecule has 21 heavy (non-hydrogen) atoms. The summed E-state index contributed by atoms with van der Waals surface area (Å²) >= 11 is 0. The highest BCUT2D eigenvalue weighted by Crippen LogP contribution is 2.58. The summed E-state index contributed by atoms with van der Waals surface area (Å²) < 4.78 is 22.7. The number of ether oxygens (including phenoxy) is 4. The van der Waals surface area contributed by atoms with Crippen LogP contribution in [0.3, 0.4) is 0 Å². The molecule has 1 atom stereocenters. The van der Waals surface area contributed by atoms with Crippen LogP contribution in [0.15, 0.2) is 22.8 Å². The fourth-order valence-corrected chi connectivity index (χ4v) is 4.26. The minimum atomic E-state index is -0.536. The summed E-state index contributed by atoms with van der Waals surface area (Å²) in [7, 11) is 1.65. The average Bonchev–Trinajstić information content (AvgIpc) is 3.08. The van der Waals surface area contributed by atoms with Gasteiger partial charge in [-0.15, -0.1) is 0 Å². The van der Waals surface area contributed by atoms with Crippen molar-refractivity contribution in [1.29, 1.82) is 0 Å². The molecule has 3 aliphatic rings. The second kappa shape index (κ2) is 5.84. The van der Waals surface area contributed by atoms with Crippen molar-refractivity contribution in [2.75, 3.05) is 33.7 Å². The third kappa shape index (κ3) is 2.38. The van der Waals surface area contributed by atoms with E-state index in [9.17, 15) is 0 Å². The lowest BCUT2D eigenvalue weighted by molar-refractivity contribution is -0.151. The molecule has 2 fully saturated rings. The van der Waals surface area contributed by atoms with Gasteiger partial charge < -0.3 is 18.9 Å². The summed E-state index contributed by atoms with van der Waals surface area (Å²) in [6.45, 7) is 6.71. The smallest absolute Gasteiger partial charge is 0.193 e. The summed E-state index contributed by atoms with van der Waals surface area (Å²) in [6.07, 6.45) is 6.53. The van der Waals surface area contributed by atoms with Crippen LogP contribution in [0.5, 0.6) is 0 Å². The first-order valence-electron chi connectivity index (χ1n) is 7.89. The van der Waals surface area contributed by atoms with Crippen LogP contribution in [0.4, 0.5) is 0 Å². The van der Waals surface area contributed by atoms with E-state index in [1.54, 1.807) is 12.7 Å². The topological polar surface area (TPSA) is 36.9 Å². The predicted molar refractivity (Wildman–Crippen MR) is 79.8 cm³/mol. The normalized spacial score (nSPS) is 33.2. The Bertz CT molecular complexity index is 459. The van der Waals surface area contributed by atoms with Gasteiger partial charge in [-0.1, -0.05) is 24.1 Å². The maximum Gasteiger partial charge on any atom is 0.193 e. The summed E-state index contributed by atoms with van der Waals surface area (Å²) in [5, 5.41) is 0. The van der Waals surface area contributed by atoms with Crippen LogP contribution < -0.4 is 0 Å². The Morgan fingerprint density at radius 1 is 1.19 bits per heavy atom. The van der Waals surface area contributed by atoms with E-state index < -0.39 is 5.79 Å². The quantitative estimate of drug-likeness (QED) is 0.453. The summed E-state index contributed by atoms with van der Waals surface area (Å²) in [5.74, 6) is -0.536. The molecule has 4 heteroatoms. The van der Waals surface area contributed by atoms with Crippen LogP contribution in [0, 0.1) is 5.41 Å². The molecule has 0 aromatic heterocycles. The summed E-state index contributed by atoms with van der Waals surface area (Å²) in [4.78, 5) is 0. The number of allylic oxidation sites excluding steroid dienone is 3. The van der Waals surface area contributed by atoms with Gasteiger partial charge in [0.2, 0.25) is 0 Å². The zero-order valence-electron chi connectivity index (χ0n) is 13.4. The van der Waals surface area contributed by atoms with E-state index in [4.69, 9.17) is 18.9 Å². The lowest BCUT2D eigenvalue weighted by atomic mass is 9.69. The van der Waals surface area contributed by atoms with E-state index in [1.807, 2.05) is 0 Å². The molecule has 0 amide bonds. The zero-order chi connectivity index (χ0) is 14.9. The molecule has 4 nitrogen and oxygen atoms in total. The molecule has 0 bridgehead atoms. The molecule has 118 valence electrons. The molecule has 1 heterocycles. The number of fused-ring (bicyclic) bond motifs is 1. The van der Waals surface area contributed by atoms with Gasteiger partial charge in [-0.25, -0.2) is 0 Å². The molecular formula is C17H26O4. The highest BCUT2D eigenvalue weighted by molar-refractivity contribution is 5.43. The van der Waals surface area contributed by atoms with Gasteiger partial charge >= 0.3 is 0 Å². The van der Waals surface area contributed by atoms with Crippen molar-refractivity contribution in [3.05, 3.63) is 22.8 Å². The van der Waals surface area contributed by atoms with Crippen molar-refractivity contribution in [1.82, 2.24) is 0 Å². The maximum atomic E-state index is 6.03. The maximum absolute atomic E-state index is 6.03. The highest BCUT2D eigenvalue weighted by atomic mass is 16.7. The van der Waals surface area contributed by atoms with Crippen LogP contribution in [0.2, 0.25) is 0 Å². The summed E-state index contributed by atoms with van der Waals surface area (Å²) in [6, 6.07) is 0. The monoisotopic (exact) mass is 294 g/mol. The molecule has 0 N–H and O–H groups in total. The average molecular weight is 294 g/mol. The Morgan fingerprint density at radius 2 is 1.95 bits per heavy atom. The van der Waals surface area contributed by atoms with Gasteiger partial charge in [0.1, 0.15) is 6.79 Å². The third-order valence-corrected chi connectivity index (χ3v) is 5.35. The molecule has 1 aliphatic heterocycles. The first-order chi connectivity index (χ1) is 10.2. The first kappa shape index (κ1) is 15.2. The van der Waals surface area contributed by atoms with Crippen molar-refractivity contribution < 1.29 is 18.9 Å². The Balaban J connectivity index is 1.97. The Hall–Kier alpha value is -0.680. The number of methoxy groups -OCH3 is 1. The van der Waals surface area contributed by atoms with Gasteiger partial charge in [-0.3, -0.25) is 0 Å². The van der Waals surface area contributed by atoms with Crippen molar-refractivity contribution in [3.63, 3.8) is 0 Å². The predicted octanol–water partition coefficient (Wildman–Crippen LogP) is 3.19. The zero-order valence-corrected chi connectivity index (χ0v) is 13.4. The van der Waals surface area contributed by atoms with E-state index >= 15 is 0 Å². The van der Waals surface area contributed by atoms with Gasteiger partial charge in [0, 0.05) is 24.5 Å². The Labute approximate surface area is 127 Å². The molecular weight excluding hydrogens is 268 g/mol. The SMILES string of the molecule is CC=C1CCC2=C(COCOC)C3(CC[C@@]12C)OCCO3. The number of hydrogen-bond acceptors (Lipinski definition) is 4. The van der Waals surface area contributed by atoms with Crippen LogP contribution in [0.25, 0.3) is 0 Å². The molecule has 2 aliphatic carbocycles. The first-order valence-corrected chi connectivity index (χ1v) is 7.89. The second-order valence-electron chi connectivity index (χ2n) is 6.31. The molecule has 0 radical (unpaired) electrons. The third-order valence-electron chi connectivity index (χ3n) is 5.35. The van der Waals surface area contributed by atoms with Crippen molar-refractivity contribution in [3.8, 4) is 0 Å². The van der Waals surface area contributed by atoms with Crippen molar-refractivity contribution in [2.24, 2.45) is 5.41 Å². The summed E-state index contributed by atoms with van der Waals surface area (Å²) in [5.41, 5.74) is 4.40. The van der Waals surface area contributed by atoms with E-state index in [2.05, 4.69) is 19.9 Å². The lowest BCUT2D eigenvalue weighted by Gasteiger charge is -2.43. The van der Waals surface area contributed by atoms with Crippen molar-refractivity contribution >= 4 is 0 Å². The second-order valence-corrected chi connectivity index (χ2v) is 6.31. The Kier molecular flexibility index (Phi) is 4.23.